The number of ether oxygens (including phenoxy) is 2. The Morgan fingerprint density at radius 3 is 2.33 bits per heavy atom. The monoisotopic (exact) mass is 293 g/mol. The van der Waals surface area contributed by atoms with Gasteiger partial charge in [0.15, 0.2) is 0 Å². The Morgan fingerprint density at radius 2 is 1.89 bits per heavy atom. The normalized spacial score (nSPS) is 19.4. The van der Waals surface area contributed by atoms with Crippen LogP contribution in [0.4, 0.5) is 4.79 Å². The largest absolute Gasteiger partial charge is 0.444 e. The highest BCUT2D eigenvalue weighted by atomic mass is 32.2. The van der Waals surface area contributed by atoms with Crippen LogP contribution in [0, 0.1) is 0 Å². The SMILES string of the molecule is COC(S)=[SH]C1CCN(C(=O)OC(C)(C)C)CC1. The number of piperidine rings is 1. The summed E-state index contributed by atoms with van der Waals surface area (Å²) in [4.78, 5) is 13.6. The quantitative estimate of drug-likeness (QED) is 0.576. The second-order valence-electron chi connectivity index (χ2n) is 5.31. The Balaban J connectivity index is 2.42. The van der Waals surface area contributed by atoms with Crippen LogP contribution in [-0.4, -0.2) is 46.4 Å². The lowest BCUT2D eigenvalue weighted by atomic mass is 10.1. The number of carbonyl (C=O) groups excluding carboxylic acids is 1. The Hall–Kier alpha value is -0.200. The predicted octanol–water partition coefficient (Wildman–Crippen LogP) is 2.52. The molecule has 6 heteroatoms. The van der Waals surface area contributed by atoms with Crippen LogP contribution in [0.25, 0.3) is 0 Å². The molecule has 18 heavy (non-hydrogen) atoms. The molecule has 1 saturated heterocycles. The molecule has 0 aliphatic carbocycles. The second kappa shape index (κ2) is 6.82. The Kier molecular flexibility index (Phi) is 6.01. The van der Waals surface area contributed by atoms with E-state index in [4.69, 9.17) is 9.47 Å². The summed E-state index contributed by atoms with van der Waals surface area (Å²) in [5.74, 6) is 0. The minimum absolute atomic E-state index is 0.209. The van der Waals surface area contributed by atoms with Gasteiger partial charge in [-0.2, -0.15) is 11.4 Å². The predicted molar refractivity (Wildman–Crippen MR) is 80.8 cm³/mol. The smallest absolute Gasteiger partial charge is 0.410 e. The van der Waals surface area contributed by atoms with Gasteiger partial charge in [0.1, 0.15) is 9.98 Å². The Bertz CT molecular complexity index is 318. The standard InChI is InChI=1S/C12H23NO3S2/c1-12(2,3)16-10(14)13-7-5-9(6-8-13)18-11(17)15-4/h9,17-18H,5-8H2,1-4H3. The van der Waals surface area contributed by atoms with Gasteiger partial charge in [0.05, 0.1) is 0 Å². The molecule has 1 rings (SSSR count). The number of methoxy groups -OCH3 is 1. The molecule has 0 radical (unpaired) electrons. The number of rotatable bonds is 1. The number of nitrogens with zero attached hydrogens (tertiary/aromatic N) is 1. The fourth-order valence-corrected chi connectivity index (χ4v) is 3.11. The average Bonchev–Trinajstić information content (AvgIpc) is 2.27. The number of hydrogen-bond donors (Lipinski definition) is 2. The summed E-state index contributed by atoms with van der Waals surface area (Å²) in [5, 5.41) is 0.524. The fourth-order valence-electron chi connectivity index (χ4n) is 1.71. The molecule has 0 aromatic heterocycles. The van der Waals surface area contributed by atoms with Crippen molar-refractivity contribution in [3.8, 4) is 0 Å². The summed E-state index contributed by atoms with van der Waals surface area (Å²) in [6.45, 7) is 7.15. The summed E-state index contributed by atoms with van der Waals surface area (Å²) < 4.78 is 11.2. The van der Waals surface area contributed by atoms with Crippen LogP contribution in [0.15, 0.2) is 0 Å². The lowest BCUT2D eigenvalue weighted by Crippen LogP contribution is -2.42. The highest BCUT2D eigenvalue weighted by Gasteiger charge is 2.26. The first-order chi connectivity index (χ1) is 8.31. The van der Waals surface area contributed by atoms with Gasteiger partial charge in [-0.15, -0.1) is 12.6 Å². The highest BCUT2D eigenvalue weighted by Crippen LogP contribution is 2.21. The minimum atomic E-state index is -0.422. The van der Waals surface area contributed by atoms with E-state index in [0.717, 1.165) is 41.7 Å². The van der Waals surface area contributed by atoms with Gasteiger partial charge in [0.25, 0.3) is 0 Å². The highest BCUT2D eigenvalue weighted by molar-refractivity contribution is 8.17. The first-order valence-corrected chi connectivity index (χ1v) is 7.51. The van der Waals surface area contributed by atoms with Gasteiger partial charge in [0, 0.05) is 25.4 Å². The van der Waals surface area contributed by atoms with Crippen molar-refractivity contribution in [1.29, 1.82) is 0 Å². The zero-order chi connectivity index (χ0) is 13.8. The van der Waals surface area contributed by atoms with E-state index >= 15 is 0 Å². The maximum absolute atomic E-state index is 11.9. The van der Waals surface area contributed by atoms with E-state index in [1.54, 1.807) is 12.0 Å². The van der Waals surface area contributed by atoms with Crippen molar-refractivity contribution in [2.75, 3.05) is 20.2 Å². The van der Waals surface area contributed by atoms with Crippen molar-refractivity contribution in [3.63, 3.8) is 0 Å². The third-order valence-corrected chi connectivity index (χ3v) is 4.41. The van der Waals surface area contributed by atoms with Crippen molar-refractivity contribution < 1.29 is 14.3 Å². The lowest BCUT2D eigenvalue weighted by molar-refractivity contribution is 0.0219. The zero-order valence-electron chi connectivity index (χ0n) is 11.5. The van der Waals surface area contributed by atoms with Crippen molar-refractivity contribution in [2.45, 2.75) is 44.5 Å². The van der Waals surface area contributed by atoms with Crippen LogP contribution in [-0.2, 0) is 9.47 Å². The molecular formula is C12H23NO3S2. The van der Waals surface area contributed by atoms with Crippen LogP contribution in [0.5, 0.6) is 0 Å². The van der Waals surface area contributed by atoms with Crippen molar-refractivity contribution >= 4 is 34.5 Å². The van der Waals surface area contributed by atoms with E-state index in [1.165, 1.54) is 0 Å². The zero-order valence-corrected chi connectivity index (χ0v) is 13.3. The van der Waals surface area contributed by atoms with Gasteiger partial charge in [-0.1, -0.05) is 0 Å². The van der Waals surface area contributed by atoms with Gasteiger partial charge >= 0.3 is 6.09 Å². The average molecular weight is 293 g/mol. The molecule has 0 aromatic carbocycles. The van der Waals surface area contributed by atoms with Crippen molar-refractivity contribution in [1.82, 2.24) is 4.90 Å². The summed E-state index contributed by atoms with van der Waals surface area (Å²) in [7, 11) is 1.63. The fraction of sp³-hybridized carbons (Fsp3) is 0.833. The van der Waals surface area contributed by atoms with Gasteiger partial charge in [-0.05, 0) is 33.6 Å². The lowest BCUT2D eigenvalue weighted by Gasteiger charge is -2.32. The Labute approximate surface area is 118 Å². The number of carbonyl (C=O) groups is 1. The summed E-state index contributed by atoms with van der Waals surface area (Å²) in [6.07, 6.45) is 1.72. The molecular weight excluding hydrogens is 270 g/mol. The summed E-state index contributed by atoms with van der Waals surface area (Å²) in [6, 6.07) is 0. The van der Waals surface area contributed by atoms with Crippen LogP contribution in [0.3, 0.4) is 0 Å². The van der Waals surface area contributed by atoms with E-state index in [2.05, 4.69) is 12.6 Å². The van der Waals surface area contributed by atoms with Gasteiger partial charge in [-0.25, -0.2) is 4.79 Å². The summed E-state index contributed by atoms with van der Waals surface area (Å²) in [5.41, 5.74) is -0.422. The van der Waals surface area contributed by atoms with Gasteiger partial charge in [-0.3, -0.25) is 0 Å². The van der Waals surface area contributed by atoms with Crippen molar-refractivity contribution in [3.05, 3.63) is 0 Å². The number of likely N-dealkylation sites (tertiary alicyclic amines) is 1. The topological polar surface area (TPSA) is 38.8 Å². The molecule has 4 nitrogen and oxygen atoms in total. The molecule has 0 bridgehead atoms. The third-order valence-electron chi connectivity index (χ3n) is 2.59. The first kappa shape index (κ1) is 15.9. The molecule has 0 spiro atoms. The molecule has 0 N–H and O–H groups in total. The molecule has 1 amide bonds. The Morgan fingerprint density at radius 1 is 1.33 bits per heavy atom. The molecule has 106 valence electrons. The van der Waals surface area contributed by atoms with E-state index in [0.29, 0.717) is 5.25 Å². The third kappa shape index (κ3) is 5.63. The van der Waals surface area contributed by atoms with Crippen LogP contribution < -0.4 is 0 Å². The number of thiol groups is 2. The summed E-state index contributed by atoms with van der Waals surface area (Å²) >= 11 is 5.35. The van der Waals surface area contributed by atoms with Gasteiger partial charge < -0.3 is 14.4 Å². The molecule has 0 saturated carbocycles. The van der Waals surface area contributed by atoms with Crippen LogP contribution in [0.2, 0.25) is 0 Å². The maximum Gasteiger partial charge on any atom is 0.410 e. The van der Waals surface area contributed by atoms with E-state index < -0.39 is 5.60 Å². The second-order valence-corrected chi connectivity index (χ2v) is 7.47. The molecule has 1 heterocycles. The first-order valence-electron chi connectivity index (χ1n) is 6.10. The van der Waals surface area contributed by atoms with Crippen LogP contribution >= 0.6 is 24.0 Å². The minimum Gasteiger partial charge on any atom is -0.444 e. The van der Waals surface area contributed by atoms with Gasteiger partial charge in [0.2, 0.25) is 0 Å². The van der Waals surface area contributed by atoms with E-state index in [-0.39, 0.29) is 6.09 Å². The molecule has 1 fully saturated rings. The molecule has 1 aliphatic heterocycles. The number of amides is 1. The molecule has 1 aliphatic rings. The molecule has 0 unspecified atom stereocenters. The van der Waals surface area contributed by atoms with Crippen LogP contribution in [0.1, 0.15) is 33.6 Å². The van der Waals surface area contributed by atoms with E-state index in [9.17, 15) is 4.79 Å². The molecule has 0 aromatic rings. The number of hydrogen-bond acceptors (Lipinski definition) is 3. The molecule has 0 atom stereocenters. The maximum atomic E-state index is 11.9. The van der Waals surface area contributed by atoms with E-state index in [1.807, 2.05) is 20.8 Å². The van der Waals surface area contributed by atoms with Crippen molar-refractivity contribution in [2.24, 2.45) is 0 Å².